The van der Waals surface area contributed by atoms with Gasteiger partial charge in [-0.25, -0.2) is 0 Å². The minimum Gasteiger partial charge on any atom is -0.378 e. The van der Waals surface area contributed by atoms with Gasteiger partial charge < -0.3 is 20.3 Å². The lowest BCUT2D eigenvalue weighted by Gasteiger charge is -2.33. The van der Waals surface area contributed by atoms with E-state index in [2.05, 4.69) is 22.5 Å². The molecule has 1 heterocycles. The van der Waals surface area contributed by atoms with Gasteiger partial charge in [0.1, 0.15) is 0 Å². The molecule has 1 aliphatic heterocycles. The maximum atomic E-state index is 6.09. The van der Waals surface area contributed by atoms with E-state index >= 15 is 0 Å². The summed E-state index contributed by atoms with van der Waals surface area (Å²) in [7, 11) is 0. The van der Waals surface area contributed by atoms with Gasteiger partial charge in [-0.05, 0) is 58.3 Å². The Kier molecular flexibility index (Phi) is 9.22. The predicted octanol–water partition coefficient (Wildman–Crippen LogP) is 3.69. The quantitative estimate of drug-likeness (QED) is 0.278. The Labute approximate surface area is 166 Å². The van der Waals surface area contributed by atoms with Gasteiger partial charge >= 0.3 is 0 Å². The molecule has 2 N–H and O–H groups in total. The molecule has 27 heavy (non-hydrogen) atoms. The van der Waals surface area contributed by atoms with Crippen molar-refractivity contribution >= 4 is 5.96 Å². The van der Waals surface area contributed by atoms with Crippen LogP contribution in [0, 0.1) is 0 Å². The summed E-state index contributed by atoms with van der Waals surface area (Å²) >= 11 is 0. The molecule has 2 aliphatic carbocycles. The number of piperidine rings is 1. The van der Waals surface area contributed by atoms with Crippen LogP contribution in [0.25, 0.3) is 0 Å². The van der Waals surface area contributed by atoms with Gasteiger partial charge in [0, 0.05) is 44.9 Å². The minimum atomic E-state index is 0.525. The molecule has 1 saturated heterocycles. The number of likely N-dealkylation sites (tertiary alicyclic amines) is 1. The first-order valence-corrected chi connectivity index (χ1v) is 11.8. The highest BCUT2D eigenvalue weighted by atomic mass is 16.5. The van der Waals surface area contributed by atoms with Gasteiger partial charge in [-0.15, -0.1) is 0 Å². The fourth-order valence-electron chi connectivity index (χ4n) is 4.43. The Morgan fingerprint density at radius 2 is 1.70 bits per heavy atom. The largest absolute Gasteiger partial charge is 0.378 e. The van der Waals surface area contributed by atoms with E-state index < -0.39 is 0 Å². The Morgan fingerprint density at radius 1 is 0.963 bits per heavy atom. The standard InChI is InChI=1S/C22H42N4O/c1-2-23-22(25-19-13-16-26(17-14-19)20-11-12-20)24-15-7-8-18-27-21-9-5-3-4-6-10-21/h19-21H,2-18H2,1H3,(H2,23,24,25). The molecule has 0 atom stereocenters. The monoisotopic (exact) mass is 378 g/mol. The van der Waals surface area contributed by atoms with E-state index in [0.717, 1.165) is 44.5 Å². The molecular formula is C22H42N4O. The van der Waals surface area contributed by atoms with Gasteiger partial charge in [0.2, 0.25) is 0 Å². The molecule has 3 aliphatic rings. The zero-order valence-corrected chi connectivity index (χ0v) is 17.6. The fourth-order valence-corrected chi connectivity index (χ4v) is 4.43. The topological polar surface area (TPSA) is 48.9 Å². The van der Waals surface area contributed by atoms with Gasteiger partial charge in [-0.1, -0.05) is 25.7 Å². The summed E-state index contributed by atoms with van der Waals surface area (Å²) in [6.45, 7) is 7.37. The maximum absolute atomic E-state index is 6.09. The van der Waals surface area contributed by atoms with Crippen LogP contribution in [0.4, 0.5) is 0 Å². The second-order valence-electron chi connectivity index (χ2n) is 8.64. The molecule has 0 aromatic heterocycles. The van der Waals surface area contributed by atoms with Crippen LogP contribution in [0.3, 0.4) is 0 Å². The number of guanidine groups is 1. The van der Waals surface area contributed by atoms with Gasteiger partial charge in [0.25, 0.3) is 0 Å². The second-order valence-corrected chi connectivity index (χ2v) is 8.64. The third-order valence-electron chi connectivity index (χ3n) is 6.26. The lowest BCUT2D eigenvalue weighted by molar-refractivity contribution is 0.0413. The summed E-state index contributed by atoms with van der Waals surface area (Å²) in [4.78, 5) is 7.48. The van der Waals surface area contributed by atoms with Gasteiger partial charge in [-0.3, -0.25) is 4.99 Å². The molecule has 2 saturated carbocycles. The van der Waals surface area contributed by atoms with Crippen LogP contribution in [0.1, 0.15) is 84.0 Å². The fraction of sp³-hybridized carbons (Fsp3) is 0.955. The molecule has 0 aromatic carbocycles. The second kappa shape index (κ2) is 11.9. The van der Waals surface area contributed by atoms with E-state index in [9.17, 15) is 0 Å². The lowest BCUT2D eigenvalue weighted by Crippen LogP contribution is -2.49. The van der Waals surface area contributed by atoms with Crippen molar-refractivity contribution in [2.45, 2.75) is 102 Å². The molecule has 0 unspecified atom stereocenters. The average Bonchev–Trinajstić information content (AvgIpc) is 3.53. The summed E-state index contributed by atoms with van der Waals surface area (Å²) < 4.78 is 6.09. The van der Waals surface area contributed by atoms with Crippen molar-refractivity contribution in [2.75, 3.05) is 32.8 Å². The highest BCUT2D eigenvalue weighted by Gasteiger charge is 2.31. The molecule has 5 nitrogen and oxygen atoms in total. The van der Waals surface area contributed by atoms with Crippen molar-refractivity contribution in [1.29, 1.82) is 0 Å². The molecule has 156 valence electrons. The maximum Gasteiger partial charge on any atom is 0.191 e. The Morgan fingerprint density at radius 3 is 2.37 bits per heavy atom. The van der Waals surface area contributed by atoms with Crippen molar-refractivity contribution in [1.82, 2.24) is 15.5 Å². The van der Waals surface area contributed by atoms with E-state index in [4.69, 9.17) is 9.73 Å². The first-order valence-electron chi connectivity index (χ1n) is 11.8. The van der Waals surface area contributed by atoms with Crippen molar-refractivity contribution in [3.8, 4) is 0 Å². The van der Waals surface area contributed by atoms with Gasteiger partial charge in [0.05, 0.1) is 6.10 Å². The number of nitrogens with one attached hydrogen (secondary N) is 2. The SMILES string of the molecule is CCNC(=NCCCCOC1CCCCCC1)NC1CCN(C2CC2)CC1. The zero-order chi connectivity index (χ0) is 18.7. The molecule has 0 amide bonds. The van der Waals surface area contributed by atoms with Crippen molar-refractivity contribution in [2.24, 2.45) is 4.99 Å². The van der Waals surface area contributed by atoms with Crippen LogP contribution < -0.4 is 10.6 Å². The van der Waals surface area contributed by atoms with Crippen LogP contribution in [-0.4, -0.2) is 61.8 Å². The van der Waals surface area contributed by atoms with Crippen molar-refractivity contribution in [3.63, 3.8) is 0 Å². The molecule has 3 rings (SSSR count). The average molecular weight is 379 g/mol. The number of hydrogen-bond donors (Lipinski definition) is 2. The molecule has 0 bridgehead atoms. The first-order chi connectivity index (χ1) is 13.3. The number of ether oxygens (including phenoxy) is 1. The summed E-state index contributed by atoms with van der Waals surface area (Å²) in [6.07, 6.45) is 16.1. The van der Waals surface area contributed by atoms with E-state index in [1.54, 1.807) is 0 Å². The third-order valence-corrected chi connectivity index (χ3v) is 6.26. The van der Waals surface area contributed by atoms with E-state index in [0.29, 0.717) is 12.1 Å². The lowest BCUT2D eigenvalue weighted by atomic mass is 10.1. The van der Waals surface area contributed by atoms with Crippen LogP contribution in [0.5, 0.6) is 0 Å². The predicted molar refractivity (Wildman–Crippen MR) is 113 cm³/mol. The minimum absolute atomic E-state index is 0.525. The summed E-state index contributed by atoms with van der Waals surface area (Å²) in [5.74, 6) is 1.01. The molecule has 0 aromatic rings. The van der Waals surface area contributed by atoms with Crippen LogP contribution in [-0.2, 0) is 4.74 Å². The summed E-state index contributed by atoms with van der Waals surface area (Å²) in [6, 6.07) is 1.49. The normalized spacial score (nSPS) is 24.0. The number of hydrogen-bond acceptors (Lipinski definition) is 3. The highest BCUT2D eigenvalue weighted by molar-refractivity contribution is 5.80. The van der Waals surface area contributed by atoms with Crippen LogP contribution in [0.15, 0.2) is 4.99 Å². The van der Waals surface area contributed by atoms with E-state index in [1.807, 2.05) is 0 Å². The Hall–Kier alpha value is -0.810. The smallest absolute Gasteiger partial charge is 0.191 e. The molecule has 0 radical (unpaired) electrons. The van der Waals surface area contributed by atoms with Crippen LogP contribution >= 0.6 is 0 Å². The molecule has 3 fully saturated rings. The number of nitrogens with zero attached hydrogens (tertiary/aromatic N) is 2. The highest BCUT2D eigenvalue weighted by Crippen LogP contribution is 2.29. The van der Waals surface area contributed by atoms with Crippen molar-refractivity contribution in [3.05, 3.63) is 0 Å². The molecular weight excluding hydrogens is 336 g/mol. The number of aliphatic imine (C=N–C) groups is 1. The number of rotatable bonds is 9. The van der Waals surface area contributed by atoms with Crippen LogP contribution in [0.2, 0.25) is 0 Å². The molecule has 0 spiro atoms. The zero-order valence-electron chi connectivity index (χ0n) is 17.6. The van der Waals surface area contributed by atoms with Gasteiger partial charge in [-0.2, -0.15) is 0 Å². The summed E-state index contributed by atoms with van der Waals surface area (Å²) in [5, 5.41) is 7.09. The van der Waals surface area contributed by atoms with Crippen molar-refractivity contribution < 1.29 is 4.74 Å². The molecule has 5 heteroatoms. The van der Waals surface area contributed by atoms with Gasteiger partial charge in [0.15, 0.2) is 5.96 Å². The third kappa shape index (κ3) is 7.98. The van der Waals surface area contributed by atoms with E-state index in [1.165, 1.54) is 77.3 Å². The summed E-state index contributed by atoms with van der Waals surface area (Å²) in [5.41, 5.74) is 0. The van der Waals surface area contributed by atoms with E-state index in [-0.39, 0.29) is 0 Å². The first kappa shape index (κ1) is 20.9. The Bertz CT molecular complexity index is 422. The Balaban J connectivity index is 1.27. The number of unbranched alkanes of at least 4 members (excludes halogenated alkanes) is 1.